The third kappa shape index (κ3) is 2.18. The average Bonchev–Trinajstić information content (AvgIpc) is 2.90. The lowest BCUT2D eigenvalue weighted by Crippen LogP contribution is -2.13. The molecule has 0 radical (unpaired) electrons. The molecule has 1 aromatic carbocycles. The number of nitrogens with two attached hydrogens (primary N) is 1. The standard InChI is InChI=1S/C13H9N5O3/c14-13(19)10-6-16-12(7-15-10)17-4-3-8-5-9(18(20)21)1-2-11(8)17/h1-7H,(H2,14,19). The van der Waals surface area contributed by atoms with Crippen molar-refractivity contribution in [2.24, 2.45) is 5.73 Å². The molecule has 2 aromatic heterocycles. The van der Waals surface area contributed by atoms with E-state index in [2.05, 4.69) is 9.97 Å². The smallest absolute Gasteiger partial charge is 0.270 e. The van der Waals surface area contributed by atoms with Crippen LogP contribution in [0.5, 0.6) is 0 Å². The van der Waals surface area contributed by atoms with Crippen molar-refractivity contribution < 1.29 is 9.72 Å². The summed E-state index contributed by atoms with van der Waals surface area (Å²) in [5.74, 6) is -0.161. The number of carbonyl (C=O) groups is 1. The highest BCUT2D eigenvalue weighted by molar-refractivity contribution is 5.90. The van der Waals surface area contributed by atoms with Gasteiger partial charge in [0.1, 0.15) is 5.69 Å². The predicted octanol–water partition coefficient (Wildman–Crippen LogP) is 1.43. The molecule has 0 saturated carbocycles. The monoisotopic (exact) mass is 283 g/mol. The lowest BCUT2D eigenvalue weighted by Gasteiger charge is -2.04. The molecule has 2 N–H and O–H groups in total. The number of rotatable bonds is 3. The van der Waals surface area contributed by atoms with Gasteiger partial charge in [0.15, 0.2) is 5.82 Å². The largest absolute Gasteiger partial charge is 0.364 e. The summed E-state index contributed by atoms with van der Waals surface area (Å²) in [6.07, 6.45) is 4.43. The molecule has 0 aliphatic rings. The number of hydrogen-bond acceptors (Lipinski definition) is 5. The first-order chi connectivity index (χ1) is 10.1. The first-order valence-electron chi connectivity index (χ1n) is 5.94. The van der Waals surface area contributed by atoms with Gasteiger partial charge in [-0.2, -0.15) is 0 Å². The molecule has 21 heavy (non-hydrogen) atoms. The normalized spacial score (nSPS) is 10.7. The van der Waals surface area contributed by atoms with Gasteiger partial charge < -0.3 is 5.73 Å². The number of carbonyl (C=O) groups excluding carboxylic acids is 1. The maximum absolute atomic E-state index is 11.0. The number of hydrogen-bond donors (Lipinski definition) is 1. The van der Waals surface area contributed by atoms with E-state index in [1.54, 1.807) is 22.9 Å². The molecule has 104 valence electrons. The highest BCUT2D eigenvalue weighted by Crippen LogP contribution is 2.23. The number of nitrogens with zero attached hydrogens (tertiary/aromatic N) is 4. The fourth-order valence-electron chi connectivity index (χ4n) is 2.02. The summed E-state index contributed by atoms with van der Waals surface area (Å²) in [5.41, 5.74) is 5.96. The zero-order valence-corrected chi connectivity index (χ0v) is 10.6. The third-order valence-electron chi connectivity index (χ3n) is 3.02. The number of benzene rings is 1. The summed E-state index contributed by atoms with van der Waals surface area (Å²) < 4.78 is 1.72. The van der Waals surface area contributed by atoms with Gasteiger partial charge in [0.05, 0.1) is 22.8 Å². The Bertz CT molecular complexity index is 854. The van der Waals surface area contributed by atoms with Crippen molar-refractivity contribution in [3.63, 3.8) is 0 Å². The fourth-order valence-corrected chi connectivity index (χ4v) is 2.02. The molecule has 0 fully saturated rings. The Morgan fingerprint density at radius 2 is 2.05 bits per heavy atom. The van der Waals surface area contributed by atoms with Gasteiger partial charge in [-0.05, 0) is 12.1 Å². The van der Waals surface area contributed by atoms with Gasteiger partial charge in [-0.1, -0.05) is 0 Å². The minimum atomic E-state index is -0.651. The molecule has 8 nitrogen and oxygen atoms in total. The van der Waals surface area contributed by atoms with Crippen molar-refractivity contribution in [1.82, 2.24) is 14.5 Å². The van der Waals surface area contributed by atoms with Crippen molar-refractivity contribution in [3.8, 4) is 5.82 Å². The van der Waals surface area contributed by atoms with Gasteiger partial charge in [0, 0.05) is 23.7 Å². The number of primary amides is 1. The number of non-ortho nitro benzene ring substituents is 1. The third-order valence-corrected chi connectivity index (χ3v) is 3.02. The SMILES string of the molecule is NC(=O)c1cnc(-n2ccc3cc([N+](=O)[O-])ccc32)cn1. The minimum Gasteiger partial charge on any atom is -0.364 e. The predicted molar refractivity (Wildman–Crippen MR) is 74.0 cm³/mol. The molecular formula is C13H9N5O3. The van der Waals surface area contributed by atoms with Crippen molar-refractivity contribution in [2.45, 2.75) is 0 Å². The Morgan fingerprint density at radius 3 is 2.67 bits per heavy atom. The molecule has 0 aliphatic carbocycles. The van der Waals surface area contributed by atoms with Gasteiger partial charge >= 0.3 is 0 Å². The fraction of sp³-hybridized carbons (Fsp3) is 0. The van der Waals surface area contributed by atoms with E-state index < -0.39 is 10.8 Å². The molecule has 0 bridgehead atoms. The molecule has 0 unspecified atom stereocenters. The van der Waals surface area contributed by atoms with Crippen LogP contribution in [0.25, 0.3) is 16.7 Å². The number of nitro groups is 1. The summed E-state index contributed by atoms with van der Waals surface area (Å²) >= 11 is 0. The summed E-state index contributed by atoms with van der Waals surface area (Å²) in [6, 6.07) is 6.28. The van der Waals surface area contributed by atoms with Crippen LogP contribution < -0.4 is 5.73 Å². The van der Waals surface area contributed by atoms with Crippen LogP contribution in [0.15, 0.2) is 42.9 Å². The van der Waals surface area contributed by atoms with Crippen LogP contribution in [0.2, 0.25) is 0 Å². The number of fused-ring (bicyclic) bond motifs is 1. The first-order valence-corrected chi connectivity index (χ1v) is 5.94. The van der Waals surface area contributed by atoms with E-state index in [1.807, 2.05) is 0 Å². The summed E-state index contributed by atoms with van der Waals surface area (Å²) in [5, 5.41) is 11.5. The van der Waals surface area contributed by atoms with Gasteiger partial charge in [-0.15, -0.1) is 0 Å². The van der Waals surface area contributed by atoms with E-state index in [4.69, 9.17) is 5.73 Å². The molecule has 0 aliphatic heterocycles. The molecule has 0 spiro atoms. The van der Waals surface area contributed by atoms with Crippen molar-refractivity contribution in [3.05, 3.63) is 58.7 Å². The average molecular weight is 283 g/mol. The Labute approximate surface area is 118 Å². The summed E-state index contributed by atoms with van der Waals surface area (Å²) in [4.78, 5) is 29.3. The van der Waals surface area contributed by atoms with E-state index in [0.717, 1.165) is 5.52 Å². The van der Waals surface area contributed by atoms with E-state index in [0.29, 0.717) is 11.2 Å². The van der Waals surface area contributed by atoms with Gasteiger partial charge in [-0.25, -0.2) is 9.97 Å². The lowest BCUT2D eigenvalue weighted by molar-refractivity contribution is -0.384. The topological polar surface area (TPSA) is 117 Å². The van der Waals surface area contributed by atoms with Crippen molar-refractivity contribution in [2.75, 3.05) is 0 Å². The van der Waals surface area contributed by atoms with E-state index in [-0.39, 0.29) is 11.4 Å². The van der Waals surface area contributed by atoms with E-state index >= 15 is 0 Å². The quantitative estimate of drug-likeness (QED) is 0.576. The van der Waals surface area contributed by atoms with Gasteiger partial charge in [0.2, 0.25) is 0 Å². The van der Waals surface area contributed by atoms with Crippen LogP contribution in [0, 0.1) is 10.1 Å². The Morgan fingerprint density at radius 1 is 1.24 bits per heavy atom. The van der Waals surface area contributed by atoms with Crippen molar-refractivity contribution >= 4 is 22.5 Å². The van der Waals surface area contributed by atoms with E-state index in [9.17, 15) is 14.9 Å². The Hall–Kier alpha value is -3.29. The molecule has 3 rings (SSSR count). The molecule has 1 amide bonds. The second-order valence-electron chi connectivity index (χ2n) is 4.31. The molecule has 2 heterocycles. The molecular weight excluding hydrogens is 274 g/mol. The number of nitro benzene ring substituents is 1. The first kappa shape index (κ1) is 12.7. The highest BCUT2D eigenvalue weighted by atomic mass is 16.6. The highest BCUT2D eigenvalue weighted by Gasteiger charge is 2.11. The minimum absolute atomic E-state index is 0.0235. The van der Waals surface area contributed by atoms with Crippen LogP contribution in [0.3, 0.4) is 0 Å². The number of amides is 1. The molecule has 0 saturated heterocycles. The van der Waals surface area contributed by atoms with Crippen LogP contribution in [0.4, 0.5) is 5.69 Å². The lowest BCUT2D eigenvalue weighted by atomic mass is 10.2. The van der Waals surface area contributed by atoms with Crippen LogP contribution in [0.1, 0.15) is 10.5 Å². The number of aromatic nitrogens is 3. The maximum Gasteiger partial charge on any atom is 0.270 e. The van der Waals surface area contributed by atoms with E-state index in [1.165, 1.54) is 24.5 Å². The van der Waals surface area contributed by atoms with Gasteiger partial charge in [-0.3, -0.25) is 19.5 Å². The van der Waals surface area contributed by atoms with Crippen molar-refractivity contribution in [1.29, 1.82) is 0 Å². The molecule has 0 atom stereocenters. The van der Waals surface area contributed by atoms with Crippen LogP contribution in [-0.4, -0.2) is 25.4 Å². The van der Waals surface area contributed by atoms with Gasteiger partial charge in [0.25, 0.3) is 11.6 Å². The van der Waals surface area contributed by atoms with Crippen LogP contribution in [-0.2, 0) is 0 Å². The second kappa shape index (κ2) is 4.67. The summed E-state index contributed by atoms with van der Waals surface area (Å²) in [7, 11) is 0. The molecule has 3 aromatic rings. The maximum atomic E-state index is 11.0. The Balaban J connectivity index is 2.08. The Kier molecular flexibility index (Phi) is 2.83. The zero-order chi connectivity index (χ0) is 15.0. The second-order valence-corrected chi connectivity index (χ2v) is 4.31. The molecule has 8 heteroatoms. The summed E-state index contributed by atoms with van der Waals surface area (Å²) in [6.45, 7) is 0. The van der Waals surface area contributed by atoms with Crippen LogP contribution >= 0.6 is 0 Å². The zero-order valence-electron chi connectivity index (χ0n) is 10.6.